The minimum absolute atomic E-state index is 0.751. The SMILES string of the molecule is CCCCOc1c2ccccc2c(OCCCC)c2ccccc12.c1ccc(-c2c3ccccc3c(-c3ccccc3)c3ccccc23)cc1. The summed E-state index contributed by atoms with van der Waals surface area (Å²) in [5, 5.41) is 9.76. The van der Waals surface area contributed by atoms with Crippen LogP contribution in [0.2, 0.25) is 0 Å². The van der Waals surface area contributed by atoms with E-state index in [2.05, 4.69) is 172 Å². The Balaban J connectivity index is 0.000000157. The number of ether oxygens (including phenoxy) is 2. The lowest BCUT2D eigenvalue weighted by Gasteiger charge is -2.17. The molecule has 0 aliphatic heterocycles. The van der Waals surface area contributed by atoms with Crippen molar-refractivity contribution in [2.24, 2.45) is 0 Å². The molecule has 0 aliphatic rings. The molecule has 0 unspecified atom stereocenters. The molecule has 8 aromatic carbocycles. The molecule has 0 radical (unpaired) electrons. The van der Waals surface area contributed by atoms with Crippen molar-refractivity contribution in [1.29, 1.82) is 0 Å². The van der Waals surface area contributed by atoms with E-state index < -0.39 is 0 Å². The van der Waals surface area contributed by atoms with Gasteiger partial charge in [0.15, 0.2) is 0 Å². The highest BCUT2D eigenvalue weighted by Gasteiger charge is 2.17. The largest absolute Gasteiger partial charge is 0.492 e. The monoisotopic (exact) mass is 652 g/mol. The van der Waals surface area contributed by atoms with Crippen molar-refractivity contribution in [3.05, 3.63) is 158 Å². The Morgan fingerprint density at radius 3 is 0.860 bits per heavy atom. The Kier molecular flexibility index (Phi) is 10.4. The van der Waals surface area contributed by atoms with Crippen LogP contribution in [0.15, 0.2) is 158 Å². The van der Waals surface area contributed by atoms with Gasteiger partial charge in [0.05, 0.1) is 13.2 Å². The van der Waals surface area contributed by atoms with Crippen LogP contribution < -0.4 is 9.47 Å². The van der Waals surface area contributed by atoms with Gasteiger partial charge in [-0.1, -0.05) is 184 Å². The summed E-state index contributed by atoms with van der Waals surface area (Å²) in [5.74, 6) is 1.97. The van der Waals surface area contributed by atoms with Gasteiger partial charge in [-0.2, -0.15) is 0 Å². The highest BCUT2D eigenvalue weighted by atomic mass is 16.5. The Bertz CT molecular complexity index is 2060. The topological polar surface area (TPSA) is 18.5 Å². The summed E-state index contributed by atoms with van der Waals surface area (Å²) < 4.78 is 12.4. The third-order valence-electron chi connectivity index (χ3n) is 9.38. The van der Waals surface area contributed by atoms with E-state index in [0.29, 0.717) is 0 Å². The van der Waals surface area contributed by atoms with Gasteiger partial charge in [0.1, 0.15) is 11.5 Å². The van der Waals surface area contributed by atoms with Gasteiger partial charge < -0.3 is 9.47 Å². The second kappa shape index (κ2) is 15.7. The summed E-state index contributed by atoms with van der Waals surface area (Å²) in [6.07, 6.45) is 4.40. The van der Waals surface area contributed by atoms with Gasteiger partial charge in [0.2, 0.25) is 0 Å². The van der Waals surface area contributed by atoms with Crippen molar-refractivity contribution < 1.29 is 9.47 Å². The first-order chi connectivity index (χ1) is 24.8. The van der Waals surface area contributed by atoms with E-state index in [0.717, 1.165) is 71.9 Å². The van der Waals surface area contributed by atoms with Crippen molar-refractivity contribution in [3.63, 3.8) is 0 Å². The zero-order valence-electron chi connectivity index (χ0n) is 29.1. The summed E-state index contributed by atoms with van der Waals surface area (Å²) in [6.45, 7) is 5.87. The molecule has 0 saturated heterocycles. The lowest BCUT2D eigenvalue weighted by molar-refractivity contribution is 0.311. The Morgan fingerprint density at radius 1 is 0.320 bits per heavy atom. The van der Waals surface area contributed by atoms with E-state index in [-0.39, 0.29) is 0 Å². The molecule has 0 aliphatic carbocycles. The maximum Gasteiger partial charge on any atom is 0.135 e. The van der Waals surface area contributed by atoms with Crippen molar-refractivity contribution in [3.8, 4) is 33.8 Å². The fraction of sp³-hybridized carbons (Fsp3) is 0.167. The van der Waals surface area contributed by atoms with Crippen LogP contribution >= 0.6 is 0 Å². The molecule has 0 amide bonds. The third kappa shape index (κ3) is 6.67. The molecule has 0 fully saturated rings. The summed E-state index contributed by atoms with van der Waals surface area (Å²) in [7, 11) is 0. The minimum atomic E-state index is 0.751. The summed E-state index contributed by atoms with van der Waals surface area (Å²) >= 11 is 0. The molecule has 8 rings (SSSR count). The van der Waals surface area contributed by atoms with E-state index in [1.54, 1.807) is 0 Å². The first kappa shape index (κ1) is 32.9. The normalized spacial score (nSPS) is 11.1. The lowest BCUT2D eigenvalue weighted by atomic mass is 9.86. The molecule has 0 heterocycles. The lowest BCUT2D eigenvalue weighted by Crippen LogP contribution is -2.01. The number of rotatable bonds is 10. The van der Waals surface area contributed by atoms with Crippen LogP contribution in [0.4, 0.5) is 0 Å². The average molecular weight is 653 g/mol. The Hall–Kier alpha value is -5.60. The van der Waals surface area contributed by atoms with E-state index >= 15 is 0 Å². The maximum atomic E-state index is 6.20. The van der Waals surface area contributed by atoms with Crippen molar-refractivity contribution in [1.82, 2.24) is 0 Å². The van der Waals surface area contributed by atoms with Crippen LogP contribution in [0.1, 0.15) is 39.5 Å². The Labute approximate surface area is 295 Å². The van der Waals surface area contributed by atoms with E-state index in [1.165, 1.54) is 43.8 Å². The van der Waals surface area contributed by atoms with Crippen LogP contribution in [0.25, 0.3) is 65.3 Å². The fourth-order valence-electron chi connectivity index (χ4n) is 6.96. The van der Waals surface area contributed by atoms with Crippen LogP contribution in [0, 0.1) is 0 Å². The summed E-state index contributed by atoms with van der Waals surface area (Å²) in [5.41, 5.74) is 5.16. The molecule has 0 saturated carbocycles. The molecular weight excluding hydrogens is 609 g/mol. The highest BCUT2D eigenvalue weighted by molar-refractivity contribution is 6.21. The van der Waals surface area contributed by atoms with Gasteiger partial charge in [-0.15, -0.1) is 0 Å². The maximum absolute atomic E-state index is 6.20. The van der Waals surface area contributed by atoms with Gasteiger partial charge in [0, 0.05) is 21.5 Å². The molecule has 8 aromatic rings. The zero-order chi connectivity index (χ0) is 34.1. The van der Waals surface area contributed by atoms with Gasteiger partial charge >= 0.3 is 0 Å². The number of benzene rings is 8. The minimum Gasteiger partial charge on any atom is -0.492 e. The molecule has 2 heteroatoms. The van der Waals surface area contributed by atoms with Gasteiger partial charge in [0.25, 0.3) is 0 Å². The van der Waals surface area contributed by atoms with E-state index in [1.807, 2.05) is 0 Å². The second-order valence-electron chi connectivity index (χ2n) is 12.7. The quantitative estimate of drug-likeness (QED) is 0.108. The molecule has 2 nitrogen and oxygen atoms in total. The van der Waals surface area contributed by atoms with Gasteiger partial charge in [-0.3, -0.25) is 0 Å². The van der Waals surface area contributed by atoms with Gasteiger partial charge in [-0.25, -0.2) is 0 Å². The zero-order valence-corrected chi connectivity index (χ0v) is 29.1. The molecular formula is C48H44O2. The average Bonchev–Trinajstić information content (AvgIpc) is 3.18. The Morgan fingerprint density at radius 2 is 0.580 bits per heavy atom. The van der Waals surface area contributed by atoms with Crippen LogP contribution in [-0.2, 0) is 0 Å². The third-order valence-corrected chi connectivity index (χ3v) is 9.38. The molecule has 0 aromatic heterocycles. The van der Waals surface area contributed by atoms with Crippen molar-refractivity contribution in [2.75, 3.05) is 13.2 Å². The highest BCUT2D eigenvalue weighted by Crippen LogP contribution is 2.44. The first-order valence-corrected chi connectivity index (χ1v) is 18.0. The van der Waals surface area contributed by atoms with E-state index in [9.17, 15) is 0 Å². The van der Waals surface area contributed by atoms with Crippen LogP contribution in [0.3, 0.4) is 0 Å². The second-order valence-corrected chi connectivity index (χ2v) is 12.7. The molecule has 0 spiro atoms. The molecule has 248 valence electrons. The molecule has 0 atom stereocenters. The predicted molar refractivity (Wildman–Crippen MR) is 215 cm³/mol. The molecule has 0 N–H and O–H groups in total. The van der Waals surface area contributed by atoms with Crippen LogP contribution in [0.5, 0.6) is 11.5 Å². The van der Waals surface area contributed by atoms with Crippen LogP contribution in [-0.4, -0.2) is 13.2 Å². The smallest absolute Gasteiger partial charge is 0.135 e. The van der Waals surface area contributed by atoms with Crippen molar-refractivity contribution in [2.45, 2.75) is 39.5 Å². The number of hydrogen-bond donors (Lipinski definition) is 0. The summed E-state index contributed by atoms with van der Waals surface area (Å²) in [6, 6.07) is 55.8. The predicted octanol–water partition coefficient (Wildman–Crippen LogP) is 13.7. The number of unbranched alkanes of at least 4 members (excludes halogenated alkanes) is 2. The fourth-order valence-corrected chi connectivity index (χ4v) is 6.96. The molecule has 0 bridgehead atoms. The first-order valence-electron chi connectivity index (χ1n) is 18.0. The van der Waals surface area contributed by atoms with Crippen molar-refractivity contribution >= 4 is 43.1 Å². The van der Waals surface area contributed by atoms with E-state index in [4.69, 9.17) is 9.47 Å². The molecule has 50 heavy (non-hydrogen) atoms. The standard InChI is InChI=1S/C26H18.C22H26O2/c1-3-11-19(12-4-1)25-21-15-7-9-17-23(21)26(20-13-5-2-6-14-20)24-18-10-8-16-22(24)25;1-3-5-15-23-21-17-11-7-9-13-19(17)22(24-16-6-4-2)20-14-10-8-12-18(20)21/h1-18H;7-14H,3-6,15-16H2,1-2H3. The summed E-state index contributed by atoms with van der Waals surface area (Å²) in [4.78, 5) is 0. The number of hydrogen-bond acceptors (Lipinski definition) is 2. The van der Waals surface area contributed by atoms with Gasteiger partial charge in [-0.05, 0) is 56.6 Å². The number of fused-ring (bicyclic) bond motifs is 4.